The molecule has 0 unspecified atom stereocenters. The minimum absolute atomic E-state index is 0.0532. The summed E-state index contributed by atoms with van der Waals surface area (Å²) in [5.41, 5.74) is 0.0532. The molecule has 0 aliphatic carbocycles. The van der Waals surface area contributed by atoms with Gasteiger partial charge in [-0.1, -0.05) is 6.07 Å². The molecule has 0 bridgehead atoms. The van der Waals surface area contributed by atoms with Crippen LogP contribution in [-0.2, 0) is 10.0 Å². The summed E-state index contributed by atoms with van der Waals surface area (Å²) in [4.78, 5) is -0.0532. The predicted octanol–water partition coefficient (Wildman–Crippen LogP) is 0.947. The van der Waals surface area contributed by atoms with E-state index in [2.05, 4.69) is 4.40 Å². The smallest absolute Gasteiger partial charge is 0.206 e. The highest BCUT2D eigenvalue weighted by molar-refractivity contribution is 7.90. The first-order chi connectivity index (χ1) is 5.61. The number of fused-ring (bicyclic) bond motifs is 1. The van der Waals surface area contributed by atoms with Gasteiger partial charge in [0.2, 0.25) is 0 Å². The predicted molar refractivity (Wildman–Crippen MR) is 41.2 cm³/mol. The number of halogens is 1. The molecule has 0 saturated heterocycles. The quantitative estimate of drug-likeness (QED) is 0.604. The molecule has 0 saturated carbocycles. The molecule has 3 nitrogen and oxygen atoms in total. The number of hydrogen-bond acceptors (Lipinski definition) is 2. The van der Waals surface area contributed by atoms with E-state index in [0.717, 1.165) is 6.21 Å². The van der Waals surface area contributed by atoms with Crippen molar-refractivity contribution in [1.82, 2.24) is 0 Å². The van der Waals surface area contributed by atoms with Gasteiger partial charge in [-0.2, -0.15) is 12.8 Å². The molecule has 1 heterocycles. The largest absolute Gasteiger partial charge is 0.283 e. The Morgan fingerprint density at radius 3 is 2.75 bits per heavy atom. The summed E-state index contributed by atoms with van der Waals surface area (Å²) < 4.78 is 38.2. The van der Waals surface area contributed by atoms with Gasteiger partial charge in [0, 0.05) is 5.56 Å². The highest BCUT2D eigenvalue weighted by Gasteiger charge is 2.23. The second-order valence-corrected chi connectivity index (χ2v) is 3.96. The van der Waals surface area contributed by atoms with Crippen molar-refractivity contribution in [3.8, 4) is 0 Å². The Kier molecular flexibility index (Phi) is 1.32. The fourth-order valence-electron chi connectivity index (χ4n) is 1.05. The molecule has 1 aromatic rings. The van der Waals surface area contributed by atoms with E-state index in [1.165, 1.54) is 18.2 Å². The summed E-state index contributed by atoms with van der Waals surface area (Å²) in [5.74, 6) is -0.558. The van der Waals surface area contributed by atoms with Crippen molar-refractivity contribution in [3.63, 3.8) is 0 Å². The van der Waals surface area contributed by atoms with Gasteiger partial charge in [0.1, 0.15) is 10.7 Å². The van der Waals surface area contributed by atoms with Gasteiger partial charge in [-0.3, -0.25) is 0 Å². The summed E-state index contributed by atoms with van der Waals surface area (Å²) in [5, 5.41) is 0. The average molecular weight is 185 g/mol. The van der Waals surface area contributed by atoms with E-state index in [1.54, 1.807) is 0 Å². The second-order valence-electron chi connectivity index (χ2n) is 2.36. The van der Waals surface area contributed by atoms with Crippen molar-refractivity contribution in [2.45, 2.75) is 4.90 Å². The van der Waals surface area contributed by atoms with Gasteiger partial charge in [0.15, 0.2) is 0 Å². The third-order valence-corrected chi connectivity index (χ3v) is 2.91. The number of benzene rings is 1. The lowest BCUT2D eigenvalue weighted by Gasteiger charge is -1.95. The number of hydrogen-bond donors (Lipinski definition) is 0. The van der Waals surface area contributed by atoms with Gasteiger partial charge < -0.3 is 0 Å². The van der Waals surface area contributed by atoms with Crippen LogP contribution in [-0.4, -0.2) is 14.6 Å². The molecular weight excluding hydrogens is 181 g/mol. The maximum atomic E-state index is 12.9. The van der Waals surface area contributed by atoms with Crippen LogP contribution in [0.1, 0.15) is 5.56 Å². The van der Waals surface area contributed by atoms with Gasteiger partial charge in [0.05, 0.1) is 6.21 Å². The fourth-order valence-corrected chi connectivity index (χ4v) is 2.08. The van der Waals surface area contributed by atoms with E-state index >= 15 is 0 Å². The zero-order chi connectivity index (χ0) is 8.77. The Bertz CT molecular complexity index is 464. The lowest BCUT2D eigenvalue weighted by atomic mass is 10.2. The van der Waals surface area contributed by atoms with E-state index in [0.29, 0.717) is 0 Å². The van der Waals surface area contributed by atoms with Crippen molar-refractivity contribution in [3.05, 3.63) is 29.6 Å². The van der Waals surface area contributed by atoms with Gasteiger partial charge in [-0.15, -0.1) is 0 Å². The Morgan fingerprint density at radius 1 is 1.33 bits per heavy atom. The third-order valence-electron chi connectivity index (χ3n) is 1.61. The molecular formula is C7H4FNO2S. The molecule has 12 heavy (non-hydrogen) atoms. The molecule has 0 fully saturated rings. The summed E-state index contributed by atoms with van der Waals surface area (Å²) in [6, 6.07) is 3.88. The fraction of sp³-hybridized carbons (Fsp3) is 0. The lowest BCUT2D eigenvalue weighted by molar-refractivity contribution is 0.595. The minimum atomic E-state index is -3.60. The molecule has 0 radical (unpaired) electrons. The maximum absolute atomic E-state index is 12.9. The highest BCUT2D eigenvalue weighted by Crippen LogP contribution is 2.23. The molecule has 1 aliphatic rings. The van der Waals surface area contributed by atoms with Crippen LogP contribution in [0.3, 0.4) is 0 Å². The first-order valence-corrected chi connectivity index (χ1v) is 4.64. The van der Waals surface area contributed by atoms with Crippen LogP contribution in [0.5, 0.6) is 0 Å². The molecule has 0 atom stereocenters. The Morgan fingerprint density at radius 2 is 2.08 bits per heavy atom. The third kappa shape index (κ3) is 0.863. The zero-order valence-electron chi connectivity index (χ0n) is 5.86. The number of sulfonamides is 1. The first kappa shape index (κ1) is 7.42. The lowest BCUT2D eigenvalue weighted by Crippen LogP contribution is -1.94. The van der Waals surface area contributed by atoms with Crippen molar-refractivity contribution < 1.29 is 12.8 Å². The van der Waals surface area contributed by atoms with Gasteiger partial charge in [-0.05, 0) is 12.1 Å². The molecule has 0 N–H and O–H groups in total. The highest BCUT2D eigenvalue weighted by atomic mass is 32.2. The maximum Gasteiger partial charge on any atom is 0.283 e. The van der Waals surface area contributed by atoms with Gasteiger partial charge in [0.25, 0.3) is 10.0 Å². The van der Waals surface area contributed by atoms with Gasteiger partial charge in [-0.25, -0.2) is 4.39 Å². The topological polar surface area (TPSA) is 46.5 Å². The normalized spacial score (nSPS) is 17.8. The second kappa shape index (κ2) is 2.13. The minimum Gasteiger partial charge on any atom is -0.206 e. The van der Waals surface area contributed by atoms with Crippen molar-refractivity contribution in [2.75, 3.05) is 0 Å². The van der Waals surface area contributed by atoms with E-state index in [-0.39, 0.29) is 10.5 Å². The van der Waals surface area contributed by atoms with Gasteiger partial charge >= 0.3 is 0 Å². The number of nitrogens with zero attached hydrogens (tertiary/aromatic N) is 1. The molecule has 2 rings (SSSR count). The molecule has 1 aliphatic heterocycles. The molecule has 0 amide bonds. The SMILES string of the molecule is O=S1(=O)N=Cc2c(F)cccc21. The average Bonchev–Trinajstić information content (AvgIpc) is 2.30. The van der Waals surface area contributed by atoms with Crippen LogP contribution in [0.25, 0.3) is 0 Å². The monoisotopic (exact) mass is 185 g/mol. The standard InChI is InChI=1S/C7H4FNO2S/c8-6-2-1-3-7-5(6)4-9-12(7,10)11/h1-4H. The summed E-state index contributed by atoms with van der Waals surface area (Å²) in [7, 11) is -3.60. The van der Waals surface area contributed by atoms with Crippen LogP contribution >= 0.6 is 0 Å². The molecule has 5 heteroatoms. The van der Waals surface area contributed by atoms with Crippen LogP contribution in [0.2, 0.25) is 0 Å². The summed E-state index contributed by atoms with van der Waals surface area (Å²) in [6.07, 6.45) is 1.03. The first-order valence-electron chi connectivity index (χ1n) is 3.20. The Hall–Kier alpha value is -1.23. The van der Waals surface area contributed by atoms with E-state index in [9.17, 15) is 12.8 Å². The molecule has 0 spiro atoms. The van der Waals surface area contributed by atoms with Crippen molar-refractivity contribution >= 4 is 16.2 Å². The van der Waals surface area contributed by atoms with Crippen LogP contribution in [0.4, 0.5) is 4.39 Å². The van der Waals surface area contributed by atoms with E-state index < -0.39 is 15.8 Å². The van der Waals surface area contributed by atoms with Crippen LogP contribution in [0, 0.1) is 5.82 Å². The van der Waals surface area contributed by atoms with E-state index in [4.69, 9.17) is 0 Å². The summed E-state index contributed by atoms with van der Waals surface area (Å²) in [6.45, 7) is 0. The van der Waals surface area contributed by atoms with Crippen molar-refractivity contribution in [2.24, 2.45) is 4.40 Å². The Labute approximate surface area is 68.6 Å². The molecule has 1 aromatic carbocycles. The van der Waals surface area contributed by atoms with Crippen molar-refractivity contribution in [1.29, 1.82) is 0 Å². The molecule has 62 valence electrons. The number of rotatable bonds is 0. The zero-order valence-corrected chi connectivity index (χ0v) is 6.68. The Balaban J connectivity index is 2.86. The van der Waals surface area contributed by atoms with Crippen LogP contribution in [0.15, 0.2) is 27.5 Å². The van der Waals surface area contributed by atoms with E-state index in [1.807, 2.05) is 0 Å². The summed E-state index contributed by atoms with van der Waals surface area (Å²) >= 11 is 0. The molecule has 0 aromatic heterocycles. The van der Waals surface area contributed by atoms with Crippen LogP contribution < -0.4 is 0 Å².